The van der Waals surface area contributed by atoms with Crippen LogP contribution in [-0.4, -0.2) is 58.7 Å². The molecule has 0 bridgehead atoms. The van der Waals surface area contributed by atoms with Gasteiger partial charge in [-0.2, -0.15) is 0 Å². The number of aliphatic hydroxyl groups excluding tert-OH is 3. The highest BCUT2D eigenvalue weighted by atomic mass is 16.3. The van der Waals surface area contributed by atoms with Crippen molar-refractivity contribution in [1.29, 1.82) is 0 Å². The lowest BCUT2D eigenvalue weighted by molar-refractivity contribution is 0.0572. The first kappa shape index (κ1) is 13.3. The molecule has 2 aliphatic rings. The van der Waals surface area contributed by atoms with Gasteiger partial charge in [0.25, 0.3) is 0 Å². The topological polar surface area (TPSA) is 63.9 Å². The zero-order chi connectivity index (χ0) is 12.3. The van der Waals surface area contributed by atoms with Crippen molar-refractivity contribution in [1.82, 2.24) is 4.90 Å². The molecule has 1 heterocycles. The average Bonchev–Trinajstić information content (AvgIpc) is 2.54. The highest BCUT2D eigenvalue weighted by molar-refractivity contribution is 4.90. The number of likely N-dealkylation sites (tertiary alicyclic amines) is 1. The van der Waals surface area contributed by atoms with Gasteiger partial charge in [0.15, 0.2) is 0 Å². The molecule has 2 unspecified atom stereocenters. The van der Waals surface area contributed by atoms with Crippen molar-refractivity contribution in [3.8, 4) is 0 Å². The van der Waals surface area contributed by atoms with Gasteiger partial charge in [0.1, 0.15) is 0 Å². The summed E-state index contributed by atoms with van der Waals surface area (Å²) in [6.45, 7) is 2.14. The minimum atomic E-state index is -0.614. The molecule has 0 amide bonds. The Morgan fingerprint density at radius 3 is 1.94 bits per heavy atom. The Morgan fingerprint density at radius 2 is 1.47 bits per heavy atom. The van der Waals surface area contributed by atoms with Crippen molar-refractivity contribution in [2.24, 2.45) is 5.41 Å². The summed E-state index contributed by atoms with van der Waals surface area (Å²) in [4.78, 5) is 2.11. The van der Waals surface area contributed by atoms with Crippen LogP contribution in [0.25, 0.3) is 0 Å². The van der Waals surface area contributed by atoms with Crippen LogP contribution in [0.3, 0.4) is 0 Å². The lowest BCUT2D eigenvalue weighted by atomic mass is 9.80. The van der Waals surface area contributed by atoms with E-state index >= 15 is 0 Å². The van der Waals surface area contributed by atoms with Crippen LogP contribution >= 0.6 is 0 Å². The van der Waals surface area contributed by atoms with Crippen molar-refractivity contribution in [2.75, 3.05) is 26.2 Å². The molecule has 2 fully saturated rings. The Morgan fingerprint density at radius 1 is 0.941 bits per heavy atom. The second-order valence-electron chi connectivity index (χ2n) is 5.90. The average molecular weight is 243 g/mol. The molecule has 0 spiro atoms. The van der Waals surface area contributed by atoms with Gasteiger partial charge in [-0.25, -0.2) is 0 Å². The SMILES string of the molecule is OCC1(CN2CC(O)C(O)C2)CCCCCC1. The molecular formula is C13H25NO3. The summed E-state index contributed by atoms with van der Waals surface area (Å²) in [7, 11) is 0. The van der Waals surface area contributed by atoms with Crippen molar-refractivity contribution in [3.05, 3.63) is 0 Å². The van der Waals surface area contributed by atoms with Gasteiger partial charge in [-0.05, 0) is 12.8 Å². The first-order valence-electron chi connectivity index (χ1n) is 6.85. The second kappa shape index (κ2) is 5.65. The van der Waals surface area contributed by atoms with Gasteiger partial charge in [-0.1, -0.05) is 25.7 Å². The lowest BCUT2D eigenvalue weighted by Gasteiger charge is -2.34. The number of hydrogen-bond acceptors (Lipinski definition) is 4. The van der Waals surface area contributed by atoms with E-state index in [0.29, 0.717) is 13.1 Å². The maximum Gasteiger partial charge on any atom is 0.0938 e. The molecule has 1 aliphatic heterocycles. The molecule has 2 rings (SSSR count). The fourth-order valence-electron chi connectivity index (χ4n) is 3.30. The van der Waals surface area contributed by atoms with Gasteiger partial charge in [0, 0.05) is 31.7 Å². The van der Waals surface area contributed by atoms with E-state index < -0.39 is 12.2 Å². The summed E-state index contributed by atoms with van der Waals surface area (Å²) < 4.78 is 0. The quantitative estimate of drug-likeness (QED) is 0.626. The number of hydrogen-bond donors (Lipinski definition) is 3. The number of aliphatic hydroxyl groups is 3. The first-order chi connectivity index (χ1) is 8.15. The number of nitrogens with zero attached hydrogens (tertiary/aromatic N) is 1. The van der Waals surface area contributed by atoms with E-state index in [4.69, 9.17) is 0 Å². The third-order valence-electron chi connectivity index (χ3n) is 4.39. The Labute approximate surface area is 103 Å². The summed E-state index contributed by atoms with van der Waals surface area (Å²) in [6, 6.07) is 0. The van der Waals surface area contributed by atoms with Crippen molar-refractivity contribution in [3.63, 3.8) is 0 Å². The molecule has 1 saturated carbocycles. The third-order valence-corrected chi connectivity index (χ3v) is 4.39. The normalized spacial score (nSPS) is 34.8. The van der Waals surface area contributed by atoms with Crippen LogP contribution in [0.4, 0.5) is 0 Å². The minimum absolute atomic E-state index is 0.000278. The molecule has 1 aliphatic carbocycles. The minimum Gasteiger partial charge on any atom is -0.396 e. The predicted molar refractivity (Wildman–Crippen MR) is 65.7 cm³/mol. The van der Waals surface area contributed by atoms with Crippen molar-refractivity contribution < 1.29 is 15.3 Å². The van der Waals surface area contributed by atoms with E-state index in [1.807, 2.05) is 0 Å². The number of rotatable bonds is 3. The van der Waals surface area contributed by atoms with E-state index in [9.17, 15) is 15.3 Å². The Hall–Kier alpha value is -0.160. The summed E-state index contributed by atoms with van der Waals surface area (Å²) >= 11 is 0. The molecular weight excluding hydrogens is 218 g/mol. The van der Waals surface area contributed by atoms with Gasteiger partial charge in [-0.15, -0.1) is 0 Å². The van der Waals surface area contributed by atoms with Crippen molar-refractivity contribution in [2.45, 2.75) is 50.7 Å². The zero-order valence-corrected chi connectivity index (χ0v) is 10.5. The van der Waals surface area contributed by atoms with E-state index in [1.54, 1.807) is 0 Å². The molecule has 0 aromatic heterocycles. The summed E-state index contributed by atoms with van der Waals surface area (Å²) in [5.74, 6) is 0. The van der Waals surface area contributed by atoms with Crippen LogP contribution in [0.1, 0.15) is 38.5 Å². The van der Waals surface area contributed by atoms with Crippen molar-refractivity contribution >= 4 is 0 Å². The van der Waals surface area contributed by atoms with Crippen LogP contribution in [0.2, 0.25) is 0 Å². The van der Waals surface area contributed by atoms with Gasteiger partial charge >= 0.3 is 0 Å². The lowest BCUT2D eigenvalue weighted by Crippen LogP contribution is -2.39. The molecule has 0 aromatic carbocycles. The maximum atomic E-state index is 9.71. The smallest absolute Gasteiger partial charge is 0.0938 e. The standard InChI is InChI=1S/C13H25NO3/c15-10-13(5-3-1-2-4-6-13)9-14-7-11(16)12(17)8-14/h11-12,15-17H,1-10H2. The largest absolute Gasteiger partial charge is 0.396 e. The van der Waals surface area contributed by atoms with Gasteiger partial charge in [-0.3, -0.25) is 4.90 Å². The molecule has 17 heavy (non-hydrogen) atoms. The monoisotopic (exact) mass is 243 g/mol. The van der Waals surface area contributed by atoms with Crippen LogP contribution in [0.15, 0.2) is 0 Å². The Bertz CT molecular complexity index is 229. The highest BCUT2D eigenvalue weighted by Crippen LogP contribution is 2.36. The molecule has 100 valence electrons. The van der Waals surface area contributed by atoms with Gasteiger partial charge < -0.3 is 15.3 Å². The molecule has 0 aromatic rings. The Kier molecular flexibility index (Phi) is 4.42. The predicted octanol–water partition coefficient (Wildman–Crippen LogP) is 0.357. The van der Waals surface area contributed by atoms with Crippen LogP contribution in [-0.2, 0) is 0 Å². The summed E-state index contributed by atoms with van der Waals surface area (Å²) in [6.07, 6.45) is 5.85. The fraction of sp³-hybridized carbons (Fsp3) is 1.00. The van der Waals surface area contributed by atoms with E-state index in [1.165, 1.54) is 25.7 Å². The fourth-order valence-corrected chi connectivity index (χ4v) is 3.30. The van der Waals surface area contributed by atoms with Gasteiger partial charge in [0.2, 0.25) is 0 Å². The van der Waals surface area contributed by atoms with Crippen LogP contribution in [0, 0.1) is 5.41 Å². The second-order valence-corrected chi connectivity index (χ2v) is 5.90. The molecule has 1 saturated heterocycles. The van der Waals surface area contributed by atoms with Crippen LogP contribution < -0.4 is 0 Å². The highest BCUT2D eigenvalue weighted by Gasteiger charge is 2.37. The molecule has 4 heteroatoms. The molecule has 4 nitrogen and oxygen atoms in total. The molecule has 3 N–H and O–H groups in total. The number of β-amino-alcohol motifs (C(OH)–C–C–N with tert-alkyl or cyclic N) is 2. The summed E-state index contributed by atoms with van der Waals surface area (Å²) in [5.41, 5.74) is 0.000278. The van der Waals surface area contributed by atoms with Gasteiger partial charge in [0.05, 0.1) is 12.2 Å². The zero-order valence-electron chi connectivity index (χ0n) is 10.5. The van der Waals surface area contributed by atoms with Crippen LogP contribution in [0.5, 0.6) is 0 Å². The maximum absolute atomic E-state index is 9.71. The third kappa shape index (κ3) is 3.19. The summed E-state index contributed by atoms with van der Waals surface area (Å²) in [5, 5.41) is 28.8. The first-order valence-corrected chi connectivity index (χ1v) is 6.85. The molecule has 2 atom stereocenters. The molecule has 0 radical (unpaired) electrons. The van der Waals surface area contributed by atoms with E-state index in [0.717, 1.165) is 19.4 Å². The van der Waals surface area contributed by atoms with E-state index in [2.05, 4.69) is 4.90 Å². The Balaban J connectivity index is 1.94. The van der Waals surface area contributed by atoms with E-state index in [-0.39, 0.29) is 12.0 Å².